The molecule has 0 aliphatic heterocycles. The lowest BCUT2D eigenvalue weighted by molar-refractivity contribution is 0.748. The number of nitrogens with two attached hydrogens (primary N) is 1. The second-order valence-corrected chi connectivity index (χ2v) is 8.04. The van der Waals surface area contributed by atoms with E-state index in [1.165, 1.54) is 42.7 Å². The molecular formula is C21H21ClN2S. The number of unbranched alkanes of at least 4 members (excludes halogenated alkanes) is 1. The summed E-state index contributed by atoms with van der Waals surface area (Å²) >= 11 is 8.19. The number of nitrogens with one attached hydrogen (secondary N) is 1. The molecule has 0 aliphatic carbocycles. The number of aromatic amines is 1. The quantitative estimate of drug-likeness (QED) is 0.399. The maximum Gasteiger partial charge on any atom is 0.0599 e. The van der Waals surface area contributed by atoms with Crippen molar-refractivity contribution in [3.05, 3.63) is 58.6 Å². The Kier molecular flexibility index (Phi) is 4.55. The molecule has 0 aliphatic rings. The van der Waals surface area contributed by atoms with Crippen LogP contribution >= 0.6 is 22.9 Å². The lowest BCUT2D eigenvalue weighted by Crippen LogP contribution is -1.99. The summed E-state index contributed by atoms with van der Waals surface area (Å²) in [4.78, 5) is 4.97. The Balaban J connectivity index is 1.91. The summed E-state index contributed by atoms with van der Waals surface area (Å²) in [6, 6.07) is 15.0. The zero-order valence-electron chi connectivity index (χ0n) is 14.2. The molecule has 0 radical (unpaired) electrons. The summed E-state index contributed by atoms with van der Waals surface area (Å²) in [5, 5.41) is 3.34. The van der Waals surface area contributed by atoms with Crippen LogP contribution in [0.2, 0.25) is 5.02 Å². The molecule has 0 spiro atoms. The van der Waals surface area contributed by atoms with Crippen molar-refractivity contribution in [1.29, 1.82) is 0 Å². The first-order chi connectivity index (χ1) is 12.2. The van der Waals surface area contributed by atoms with Crippen molar-refractivity contribution < 1.29 is 0 Å². The number of fused-ring (bicyclic) bond motifs is 2. The van der Waals surface area contributed by atoms with Gasteiger partial charge in [0.25, 0.3) is 0 Å². The molecule has 25 heavy (non-hydrogen) atoms. The van der Waals surface area contributed by atoms with Crippen molar-refractivity contribution in [1.82, 2.24) is 4.98 Å². The van der Waals surface area contributed by atoms with E-state index < -0.39 is 0 Å². The summed E-state index contributed by atoms with van der Waals surface area (Å²) in [7, 11) is 0. The van der Waals surface area contributed by atoms with Crippen LogP contribution in [0.25, 0.3) is 31.6 Å². The van der Waals surface area contributed by atoms with E-state index in [-0.39, 0.29) is 0 Å². The maximum atomic E-state index is 6.35. The van der Waals surface area contributed by atoms with Crippen molar-refractivity contribution in [3.8, 4) is 10.6 Å². The standard InChI is InChI=1S/C21H21ClN2S/c1-13-10-15(22)12-17-16(7-4-5-9-23)21(24-20(13)17)19-11-14-6-2-3-8-18(14)25-19/h2-3,6,8,10-12,24H,4-5,7,9,23H2,1H3. The Bertz CT molecular complexity index is 1010. The van der Waals surface area contributed by atoms with Gasteiger partial charge in [0.15, 0.2) is 0 Å². The Morgan fingerprint density at radius 1 is 1.12 bits per heavy atom. The fourth-order valence-corrected chi connectivity index (χ4v) is 4.87. The first-order valence-corrected chi connectivity index (χ1v) is 9.86. The molecule has 2 heterocycles. The van der Waals surface area contributed by atoms with Crippen LogP contribution in [-0.4, -0.2) is 11.5 Å². The number of benzene rings is 2. The van der Waals surface area contributed by atoms with Crippen LogP contribution in [0.1, 0.15) is 24.0 Å². The van der Waals surface area contributed by atoms with Crippen LogP contribution in [0.4, 0.5) is 0 Å². The highest BCUT2D eigenvalue weighted by Gasteiger charge is 2.17. The third-order valence-corrected chi connectivity index (χ3v) is 6.08. The Labute approximate surface area is 156 Å². The van der Waals surface area contributed by atoms with Gasteiger partial charge in [0.1, 0.15) is 0 Å². The number of aryl methyl sites for hydroxylation is 2. The van der Waals surface area contributed by atoms with Gasteiger partial charge in [0.2, 0.25) is 0 Å². The minimum atomic E-state index is 0.736. The molecule has 3 N–H and O–H groups in total. The first kappa shape index (κ1) is 16.6. The molecule has 0 fully saturated rings. The number of thiophene rings is 1. The number of halogens is 1. The summed E-state index contributed by atoms with van der Waals surface area (Å²) in [5.41, 5.74) is 10.7. The number of H-pyrrole nitrogens is 1. The Morgan fingerprint density at radius 3 is 2.76 bits per heavy atom. The first-order valence-electron chi connectivity index (χ1n) is 8.67. The maximum absolute atomic E-state index is 6.35. The van der Waals surface area contributed by atoms with Crippen LogP contribution in [0.15, 0.2) is 42.5 Å². The predicted octanol–water partition coefficient (Wildman–Crippen LogP) is 6.29. The molecule has 4 heteroatoms. The zero-order chi connectivity index (χ0) is 17.4. The van der Waals surface area contributed by atoms with Gasteiger partial charge in [-0.1, -0.05) is 29.8 Å². The second-order valence-electron chi connectivity index (χ2n) is 6.52. The van der Waals surface area contributed by atoms with E-state index in [1.807, 2.05) is 17.4 Å². The van der Waals surface area contributed by atoms with E-state index in [9.17, 15) is 0 Å². The smallest absolute Gasteiger partial charge is 0.0599 e. The van der Waals surface area contributed by atoms with Gasteiger partial charge in [-0.15, -0.1) is 11.3 Å². The zero-order valence-corrected chi connectivity index (χ0v) is 15.8. The van der Waals surface area contributed by atoms with Crippen LogP contribution in [-0.2, 0) is 6.42 Å². The van der Waals surface area contributed by atoms with E-state index in [0.717, 1.165) is 30.8 Å². The fraction of sp³-hybridized carbons (Fsp3) is 0.238. The minimum absolute atomic E-state index is 0.736. The lowest BCUT2D eigenvalue weighted by Gasteiger charge is -2.04. The number of hydrogen-bond acceptors (Lipinski definition) is 2. The molecule has 0 saturated heterocycles. The molecular weight excluding hydrogens is 348 g/mol. The SMILES string of the molecule is Cc1cc(Cl)cc2c(CCCCN)c(-c3cc4ccccc4s3)[nH]c12. The van der Waals surface area contributed by atoms with Crippen LogP contribution in [0.5, 0.6) is 0 Å². The largest absolute Gasteiger partial charge is 0.353 e. The number of rotatable bonds is 5. The fourth-order valence-electron chi connectivity index (χ4n) is 3.50. The molecule has 4 rings (SSSR count). The van der Waals surface area contributed by atoms with Crippen molar-refractivity contribution >= 4 is 43.9 Å². The van der Waals surface area contributed by atoms with E-state index in [0.29, 0.717) is 0 Å². The summed E-state index contributed by atoms with van der Waals surface area (Å²) < 4.78 is 1.32. The molecule has 4 aromatic rings. The number of aromatic nitrogens is 1. The second kappa shape index (κ2) is 6.83. The molecule has 2 nitrogen and oxygen atoms in total. The van der Waals surface area contributed by atoms with E-state index in [2.05, 4.69) is 48.3 Å². The van der Waals surface area contributed by atoms with Gasteiger partial charge in [-0.25, -0.2) is 0 Å². The Morgan fingerprint density at radius 2 is 1.96 bits per heavy atom. The predicted molar refractivity (Wildman–Crippen MR) is 111 cm³/mol. The van der Waals surface area contributed by atoms with Gasteiger partial charge in [-0.3, -0.25) is 0 Å². The van der Waals surface area contributed by atoms with Crippen molar-refractivity contribution in [2.75, 3.05) is 6.54 Å². The highest BCUT2D eigenvalue weighted by atomic mass is 35.5. The van der Waals surface area contributed by atoms with Gasteiger partial charge in [0.05, 0.1) is 10.6 Å². The van der Waals surface area contributed by atoms with Crippen molar-refractivity contribution in [2.45, 2.75) is 26.2 Å². The van der Waals surface area contributed by atoms with E-state index >= 15 is 0 Å². The van der Waals surface area contributed by atoms with Gasteiger partial charge >= 0.3 is 0 Å². The van der Waals surface area contributed by atoms with Gasteiger partial charge < -0.3 is 10.7 Å². The molecule has 0 saturated carbocycles. The Hall–Kier alpha value is -1.81. The topological polar surface area (TPSA) is 41.8 Å². The highest BCUT2D eigenvalue weighted by molar-refractivity contribution is 7.22. The van der Waals surface area contributed by atoms with Crippen LogP contribution in [0.3, 0.4) is 0 Å². The van der Waals surface area contributed by atoms with E-state index in [4.69, 9.17) is 17.3 Å². The molecule has 0 atom stereocenters. The monoisotopic (exact) mass is 368 g/mol. The third-order valence-electron chi connectivity index (χ3n) is 4.73. The average molecular weight is 369 g/mol. The summed E-state index contributed by atoms with van der Waals surface area (Å²) in [5.74, 6) is 0. The minimum Gasteiger partial charge on any atom is -0.353 e. The molecule has 2 aromatic heterocycles. The molecule has 2 aromatic carbocycles. The molecule has 0 bridgehead atoms. The third kappa shape index (κ3) is 3.08. The number of hydrogen-bond donors (Lipinski definition) is 2. The van der Waals surface area contributed by atoms with Gasteiger partial charge in [-0.05, 0) is 73.5 Å². The average Bonchev–Trinajstić information content (AvgIpc) is 3.17. The summed E-state index contributed by atoms with van der Waals surface area (Å²) in [6.07, 6.45) is 3.14. The van der Waals surface area contributed by atoms with Crippen molar-refractivity contribution in [2.24, 2.45) is 5.73 Å². The van der Waals surface area contributed by atoms with Crippen molar-refractivity contribution in [3.63, 3.8) is 0 Å². The normalized spacial score (nSPS) is 11.6. The van der Waals surface area contributed by atoms with Gasteiger partial charge in [-0.2, -0.15) is 0 Å². The lowest BCUT2D eigenvalue weighted by atomic mass is 10.0. The van der Waals surface area contributed by atoms with Crippen LogP contribution < -0.4 is 5.73 Å². The van der Waals surface area contributed by atoms with Gasteiger partial charge in [0, 0.05) is 20.6 Å². The molecule has 128 valence electrons. The van der Waals surface area contributed by atoms with Crippen LogP contribution in [0, 0.1) is 6.92 Å². The highest BCUT2D eigenvalue weighted by Crippen LogP contribution is 2.39. The molecule has 0 unspecified atom stereocenters. The molecule has 0 amide bonds. The summed E-state index contributed by atoms with van der Waals surface area (Å²) in [6.45, 7) is 2.85. The van der Waals surface area contributed by atoms with E-state index in [1.54, 1.807) is 0 Å².